The van der Waals surface area contributed by atoms with Crippen molar-refractivity contribution in [2.75, 3.05) is 4.90 Å². The van der Waals surface area contributed by atoms with E-state index < -0.39 is 5.41 Å². The average molecular weight is 758 g/mol. The van der Waals surface area contributed by atoms with Gasteiger partial charge in [-0.1, -0.05) is 208 Å². The number of hydrogen-bond donors (Lipinski definition) is 0. The Hall–Kier alpha value is -7.22. The first-order valence-electron chi connectivity index (χ1n) is 22.4. The molecule has 1 nitrogen and oxygen atoms in total. The Morgan fingerprint density at radius 3 is 1.59 bits per heavy atom. The minimum absolute atomic E-state index is 0.0846. The molecule has 59 heavy (non-hydrogen) atoms. The van der Waals surface area contributed by atoms with E-state index in [1.165, 1.54) is 33.4 Å². The average Bonchev–Trinajstić information content (AvgIpc) is 3.76. The summed E-state index contributed by atoms with van der Waals surface area (Å²) in [4.78, 5) is 1.98. The summed E-state index contributed by atoms with van der Waals surface area (Å²) in [7, 11) is 0. The van der Waals surface area contributed by atoms with E-state index in [1.54, 1.807) is 0 Å². The third-order valence-corrected chi connectivity index (χ3v) is 12.6. The topological polar surface area (TPSA) is 3.24 Å². The van der Waals surface area contributed by atoms with E-state index in [0.29, 0.717) is 5.56 Å². The molecule has 2 aliphatic carbocycles. The maximum Gasteiger partial charge on any atom is 0.0713 e. The van der Waals surface area contributed by atoms with Gasteiger partial charge in [0.15, 0.2) is 0 Å². The lowest BCUT2D eigenvalue weighted by atomic mass is 9.67. The molecule has 0 saturated heterocycles. The highest BCUT2D eigenvalue weighted by Gasteiger charge is 2.47. The summed E-state index contributed by atoms with van der Waals surface area (Å²) in [5.41, 5.74) is 15.4. The van der Waals surface area contributed by atoms with Gasteiger partial charge in [-0.15, -0.1) is 0 Å². The Labute approximate surface area is 353 Å². The van der Waals surface area contributed by atoms with E-state index in [-0.39, 0.29) is 40.8 Å². The largest absolute Gasteiger partial charge is 0.310 e. The summed E-state index contributed by atoms with van der Waals surface area (Å²) in [5.74, 6) is 0. The molecule has 0 saturated carbocycles. The highest BCUT2D eigenvalue weighted by atomic mass is 15.1. The second kappa shape index (κ2) is 13.7. The zero-order valence-electron chi connectivity index (χ0n) is 37.0. The fourth-order valence-corrected chi connectivity index (χ4v) is 10.0. The van der Waals surface area contributed by atoms with Crippen LogP contribution in [0.2, 0.25) is 0 Å². The highest BCUT2D eigenvalue weighted by molar-refractivity contribution is 6.00. The Morgan fingerprint density at radius 1 is 0.373 bits per heavy atom. The molecule has 0 N–H and O–H groups in total. The van der Waals surface area contributed by atoms with E-state index in [1.807, 2.05) is 41.3 Å². The van der Waals surface area contributed by atoms with Crippen LogP contribution in [0.5, 0.6) is 0 Å². The van der Waals surface area contributed by atoms with Gasteiger partial charge in [0.05, 0.1) is 16.6 Å². The standard InChI is InChI=1S/C58H43N/c1-57(2)51-29-15-12-25-46(51)47-38-37-45(39-54(47)57)59(44-35-33-41(34-36-44)40-19-6-3-7-20-40)55-32-17-14-26-48(55)49-28-18-31-53-56(49)50-27-13-16-30-52(50)58(53,42-21-8-4-9-22-42)43-23-10-5-11-24-43/h3-39H,1-2H3/i33D,34D,35D,36D. The first-order chi connectivity index (χ1) is 30.7. The molecular formula is C58H43N. The van der Waals surface area contributed by atoms with Crippen LogP contribution in [-0.4, -0.2) is 0 Å². The molecule has 0 radical (unpaired) electrons. The zero-order chi connectivity index (χ0) is 43.0. The van der Waals surface area contributed by atoms with Gasteiger partial charge in [0.25, 0.3) is 0 Å². The molecule has 0 amide bonds. The Balaban J connectivity index is 1.21. The molecule has 0 heterocycles. The van der Waals surface area contributed by atoms with Crippen molar-refractivity contribution in [1.82, 2.24) is 0 Å². The lowest BCUT2D eigenvalue weighted by Gasteiger charge is -2.34. The predicted octanol–water partition coefficient (Wildman–Crippen LogP) is 15.2. The smallest absolute Gasteiger partial charge is 0.0713 e. The van der Waals surface area contributed by atoms with Crippen molar-refractivity contribution in [2.24, 2.45) is 0 Å². The fourth-order valence-electron chi connectivity index (χ4n) is 10.0. The summed E-state index contributed by atoms with van der Waals surface area (Å²) in [6, 6.07) is 69.1. The van der Waals surface area contributed by atoms with Crippen LogP contribution in [0.25, 0.3) is 44.5 Å². The molecule has 0 aliphatic heterocycles. The lowest BCUT2D eigenvalue weighted by molar-refractivity contribution is 0.660. The van der Waals surface area contributed by atoms with E-state index >= 15 is 0 Å². The van der Waals surface area contributed by atoms with Crippen molar-refractivity contribution in [1.29, 1.82) is 0 Å². The number of rotatable bonds is 7. The van der Waals surface area contributed by atoms with Crippen molar-refractivity contribution in [3.8, 4) is 44.5 Å². The van der Waals surface area contributed by atoms with Gasteiger partial charge in [-0.25, -0.2) is 0 Å². The Kier molecular flexibility index (Phi) is 7.17. The fraction of sp³-hybridized carbons (Fsp3) is 0.0690. The SMILES string of the molecule is [2H]c1c([2H])c(N(c2ccc3c(c2)C(C)(C)c2ccccc2-3)c2ccccc2-c2cccc3c2-c2ccccc2C3(c2ccccc2)c2ccccc2)c([2H])c([2H])c1-c1ccccc1. The highest BCUT2D eigenvalue weighted by Crippen LogP contribution is 2.59. The van der Waals surface area contributed by atoms with Gasteiger partial charge in [0.2, 0.25) is 0 Å². The minimum Gasteiger partial charge on any atom is -0.310 e. The lowest BCUT2D eigenvalue weighted by Crippen LogP contribution is -2.28. The van der Waals surface area contributed by atoms with E-state index in [2.05, 4.69) is 178 Å². The molecule has 280 valence electrons. The third kappa shape index (κ3) is 5.31. The van der Waals surface area contributed by atoms with Crippen molar-refractivity contribution in [3.63, 3.8) is 0 Å². The van der Waals surface area contributed by atoms with Gasteiger partial charge in [-0.2, -0.15) is 0 Å². The third-order valence-electron chi connectivity index (χ3n) is 12.6. The van der Waals surface area contributed by atoms with E-state index in [0.717, 1.165) is 44.8 Å². The summed E-state index contributed by atoms with van der Waals surface area (Å²) in [6.45, 7) is 4.50. The molecule has 0 spiro atoms. The second-order valence-electron chi connectivity index (χ2n) is 16.1. The summed E-state index contributed by atoms with van der Waals surface area (Å²) >= 11 is 0. The molecule has 0 unspecified atom stereocenters. The van der Waals surface area contributed by atoms with Crippen molar-refractivity contribution >= 4 is 17.1 Å². The predicted molar refractivity (Wildman–Crippen MR) is 247 cm³/mol. The summed E-state index contributed by atoms with van der Waals surface area (Å²) in [6.07, 6.45) is 0. The van der Waals surface area contributed by atoms with Crippen LogP contribution < -0.4 is 4.90 Å². The first kappa shape index (κ1) is 30.9. The number of hydrogen-bond acceptors (Lipinski definition) is 1. The summed E-state index contributed by atoms with van der Waals surface area (Å²) in [5, 5.41) is 0. The Morgan fingerprint density at radius 2 is 0.898 bits per heavy atom. The first-order valence-corrected chi connectivity index (χ1v) is 20.4. The van der Waals surface area contributed by atoms with Crippen LogP contribution in [0, 0.1) is 0 Å². The molecule has 9 aromatic carbocycles. The van der Waals surface area contributed by atoms with Crippen LogP contribution in [0.1, 0.15) is 52.7 Å². The molecule has 9 aromatic rings. The van der Waals surface area contributed by atoms with Gasteiger partial charge in [-0.05, 0) is 103 Å². The van der Waals surface area contributed by atoms with Crippen molar-refractivity contribution < 1.29 is 5.48 Å². The second-order valence-corrected chi connectivity index (χ2v) is 16.1. The molecule has 0 bridgehead atoms. The number of anilines is 3. The Bertz CT molecular complexity index is 3180. The van der Waals surface area contributed by atoms with Crippen LogP contribution in [0.15, 0.2) is 224 Å². The number of para-hydroxylation sites is 1. The van der Waals surface area contributed by atoms with Crippen LogP contribution in [0.3, 0.4) is 0 Å². The molecule has 1 heteroatoms. The maximum atomic E-state index is 9.79. The van der Waals surface area contributed by atoms with Gasteiger partial charge in [0, 0.05) is 22.4 Å². The van der Waals surface area contributed by atoms with Gasteiger partial charge < -0.3 is 4.90 Å². The van der Waals surface area contributed by atoms with Gasteiger partial charge in [0.1, 0.15) is 0 Å². The molecule has 2 aliphatic rings. The quantitative estimate of drug-likeness (QED) is 0.156. The molecule has 11 rings (SSSR count). The van der Waals surface area contributed by atoms with Gasteiger partial charge in [-0.3, -0.25) is 0 Å². The van der Waals surface area contributed by atoms with Crippen LogP contribution in [-0.2, 0) is 10.8 Å². The maximum absolute atomic E-state index is 9.79. The monoisotopic (exact) mass is 757 g/mol. The van der Waals surface area contributed by atoms with E-state index in [9.17, 15) is 5.48 Å². The number of nitrogens with zero attached hydrogens (tertiary/aromatic N) is 1. The molecule has 0 fully saturated rings. The van der Waals surface area contributed by atoms with E-state index in [4.69, 9.17) is 0 Å². The van der Waals surface area contributed by atoms with Gasteiger partial charge >= 0.3 is 0 Å². The number of fused-ring (bicyclic) bond motifs is 6. The zero-order valence-corrected chi connectivity index (χ0v) is 33.0. The molecule has 0 atom stereocenters. The van der Waals surface area contributed by atoms with Crippen LogP contribution in [0.4, 0.5) is 17.1 Å². The minimum atomic E-state index is -0.601. The normalized spacial score (nSPS) is 14.8. The molecular weight excluding hydrogens is 711 g/mol. The molecule has 0 aromatic heterocycles. The van der Waals surface area contributed by atoms with Crippen molar-refractivity contribution in [2.45, 2.75) is 24.7 Å². The van der Waals surface area contributed by atoms with Crippen molar-refractivity contribution in [3.05, 3.63) is 258 Å². The number of benzene rings is 9. The van der Waals surface area contributed by atoms with Crippen LogP contribution >= 0.6 is 0 Å². The summed E-state index contributed by atoms with van der Waals surface area (Å²) < 4.78 is 38.6.